The summed E-state index contributed by atoms with van der Waals surface area (Å²) in [5, 5.41) is 14.3. The molecule has 1 aromatic heterocycles. The molecule has 1 aromatic carbocycles. The molecule has 2 aliphatic rings. The quantitative estimate of drug-likeness (QED) is 0.884. The SMILES string of the molecule is O=C(N1C[C@@H](O)[C@H](Oc2ccccc2)C1)C1(n2cncn2)CC1. The van der Waals surface area contributed by atoms with Gasteiger partial charge in [-0.1, -0.05) is 18.2 Å². The first-order valence-electron chi connectivity index (χ1n) is 7.73. The molecular weight excluding hydrogens is 296 g/mol. The summed E-state index contributed by atoms with van der Waals surface area (Å²) in [5.41, 5.74) is -0.613. The van der Waals surface area contributed by atoms with Gasteiger partial charge in [0.1, 0.15) is 36.2 Å². The molecule has 120 valence electrons. The number of aromatic nitrogens is 3. The van der Waals surface area contributed by atoms with E-state index in [9.17, 15) is 9.90 Å². The number of amides is 1. The van der Waals surface area contributed by atoms with Gasteiger partial charge in [0.2, 0.25) is 0 Å². The monoisotopic (exact) mass is 314 g/mol. The number of nitrogens with zero attached hydrogens (tertiary/aromatic N) is 4. The molecule has 2 fully saturated rings. The molecular formula is C16H18N4O3. The van der Waals surface area contributed by atoms with E-state index in [4.69, 9.17) is 4.74 Å². The molecule has 1 N–H and O–H groups in total. The summed E-state index contributed by atoms with van der Waals surface area (Å²) in [6, 6.07) is 9.35. The molecule has 7 nitrogen and oxygen atoms in total. The van der Waals surface area contributed by atoms with Gasteiger partial charge in [-0.2, -0.15) is 5.10 Å². The van der Waals surface area contributed by atoms with Crippen molar-refractivity contribution in [1.82, 2.24) is 19.7 Å². The summed E-state index contributed by atoms with van der Waals surface area (Å²) in [7, 11) is 0. The predicted molar refractivity (Wildman–Crippen MR) is 80.7 cm³/mol. The van der Waals surface area contributed by atoms with Crippen molar-refractivity contribution in [1.29, 1.82) is 0 Å². The van der Waals surface area contributed by atoms with E-state index in [-0.39, 0.29) is 12.5 Å². The third-order valence-electron chi connectivity index (χ3n) is 4.53. The standard InChI is InChI=1S/C16H18N4O3/c21-13-8-19(9-14(13)23-12-4-2-1-3-5-12)15(22)16(6-7-16)20-11-17-10-18-20/h1-5,10-11,13-14,21H,6-9H2/t13-,14-/m1/s1. The second kappa shape index (κ2) is 5.34. The van der Waals surface area contributed by atoms with Crippen LogP contribution in [0.3, 0.4) is 0 Å². The second-order valence-corrected chi connectivity index (χ2v) is 6.12. The van der Waals surface area contributed by atoms with E-state index in [0.29, 0.717) is 12.3 Å². The van der Waals surface area contributed by atoms with Gasteiger partial charge in [0.25, 0.3) is 5.91 Å². The number of aliphatic hydroxyl groups is 1. The summed E-state index contributed by atoms with van der Waals surface area (Å²) in [4.78, 5) is 18.4. The molecule has 0 unspecified atom stereocenters. The van der Waals surface area contributed by atoms with Crippen LogP contribution in [0.1, 0.15) is 12.8 Å². The molecule has 2 atom stereocenters. The summed E-state index contributed by atoms with van der Waals surface area (Å²) < 4.78 is 7.45. The largest absolute Gasteiger partial charge is 0.486 e. The average Bonchev–Trinajstić information content (AvgIpc) is 3.02. The number of likely N-dealkylation sites (tertiary alicyclic amines) is 1. The molecule has 1 aliphatic heterocycles. The molecule has 0 radical (unpaired) electrons. The summed E-state index contributed by atoms with van der Waals surface area (Å²) in [5.74, 6) is 0.685. The normalized spacial score (nSPS) is 25.3. The lowest BCUT2D eigenvalue weighted by molar-refractivity contribution is -0.136. The maximum Gasteiger partial charge on any atom is 0.250 e. The van der Waals surface area contributed by atoms with Crippen LogP contribution in [0.25, 0.3) is 0 Å². The minimum absolute atomic E-state index is 0.0128. The Kier molecular flexibility index (Phi) is 3.30. The Labute approximate surface area is 133 Å². The van der Waals surface area contributed by atoms with Gasteiger partial charge in [-0.25, -0.2) is 9.67 Å². The number of aliphatic hydroxyl groups excluding tert-OH is 1. The average molecular weight is 314 g/mol. The first-order chi connectivity index (χ1) is 11.2. The molecule has 1 saturated carbocycles. The number of β-amino-alcohol motifs (C(OH)–C–C–N with tert-alkyl or cyclic N) is 1. The molecule has 7 heteroatoms. The van der Waals surface area contributed by atoms with E-state index in [2.05, 4.69) is 10.1 Å². The van der Waals surface area contributed by atoms with Crippen molar-refractivity contribution in [3.8, 4) is 5.75 Å². The third-order valence-corrected chi connectivity index (χ3v) is 4.53. The number of benzene rings is 1. The number of hydrogen-bond acceptors (Lipinski definition) is 5. The number of para-hydroxylation sites is 1. The van der Waals surface area contributed by atoms with E-state index in [1.165, 1.54) is 6.33 Å². The van der Waals surface area contributed by atoms with Gasteiger partial charge in [0.05, 0.1) is 13.1 Å². The molecule has 2 heterocycles. The molecule has 0 spiro atoms. The Morgan fingerprint density at radius 1 is 1.26 bits per heavy atom. The van der Waals surface area contributed by atoms with Crippen molar-refractivity contribution in [2.24, 2.45) is 0 Å². The van der Waals surface area contributed by atoms with Crippen LogP contribution in [-0.2, 0) is 10.3 Å². The zero-order valence-corrected chi connectivity index (χ0v) is 12.6. The van der Waals surface area contributed by atoms with Gasteiger partial charge in [-0.3, -0.25) is 4.79 Å². The predicted octanol–water partition coefficient (Wildman–Crippen LogP) is 0.418. The zero-order valence-electron chi connectivity index (χ0n) is 12.6. The first-order valence-corrected chi connectivity index (χ1v) is 7.73. The zero-order chi connectivity index (χ0) is 15.9. The Bertz CT molecular complexity index is 685. The van der Waals surface area contributed by atoms with Crippen molar-refractivity contribution in [2.45, 2.75) is 30.6 Å². The first kappa shape index (κ1) is 14.2. The number of carbonyl (C=O) groups excluding carboxylic acids is 1. The lowest BCUT2D eigenvalue weighted by Crippen LogP contribution is -2.42. The molecule has 1 aliphatic carbocycles. The lowest BCUT2D eigenvalue weighted by atomic mass is 10.2. The van der Waals surface area contributed by atoms with Crippen LogP contribution < -0.4 is 4.74 Å². The van der Waals surface area contributed by atoms with Crippen molar-refractivity contribution in [3.63, 3.8) is 0 Å². The van der Waals surface area contributed by atoms with Gasteiger partial charge in [-0.15, -0.1) is 0 Å². The molecule has 0 bridgehead atoms. The number of hydrogen-bond donors (Lipinski definition) is 1. The van der Waals surface area contributed by atoms with Gasteiger partial charge in [-0.05, 0) is 25.0 Å². The van der Waals surface area contributed by atoms with Gasteiger partial charge in [0.15, 0.2) is 0 Å². The Morgan fingerprint density at radius 3 is 2.70 bits per heavy atom. The highest BCUT2D eigenvalue weighted by Gasteiger charge is 2.56. The molecule has 2 aromatic rings. The fourth-order valence-corrected chi connectivity index (χ4v) is 3.10. The fourth-order valence-electron chi connectivity index (χ4n) is 3.10. The van der Waals surface area contributed by atoms with Crippen molar-refractivity contribution in [3.05, 3.63) is 43.0 Å². The molecule has 4 rings (SSSR count). The minimum atomic E-state index is -0.689. The van der Waals surface area contributed by atoms with Gasteiger partial charge >= 0.3 is 0 Å². The van der Waals surface area contributed by atoms with Crippen LogP contribution in [0.4, 0.5) is 0 Å². The van der Waals surface area contributed by atoms with Crippen LogP contribution >= 0.6 is 0 Å². The maximum absolute atomic E-state index is 12.8. The highest BCUT2D eigenvalue weighted by molar-refractivity contribution is 5.87. The summed E-state index contributed by atoms with van der Waals surface area (Å²) in [6.45, 7) is 0.665. The minimum Gasteiger partial charge on any atom is -0.486 e. The van der Waals surface area contributed by atoms with E-state index >= 15 is 0 Å². The van der Waals surface area contributed by atoms with E-state index in [1.54, 1.807) is 15.9 Å². The number of ether oxygens (including phenoxy) is 1. The lowest BCUT2D eigenvalue weighted by Gasteiger charge is -2.22. The summed E-state index contributed by atoms with van der Waals surface area (Å²) >= 11 is 0. The van der Waals surface area contributed by atoms with Crippen LogP contribution in [0.15, 0.2) is 43.0 Å². The smallest absolute Gasteiger partial charge is 0.250 e. The maximum atomic E-state index is 12.8. The molecule has 23 heavy (non-hydrogen) atoms. The Hall–Kier alpha value is -2.41. The topological polar surface area (TPSA) is 80.5 Å². The van der Waals surface area contributed by atoms with Crippen molar-refractivity contribution >= 4 is 5.91 Å². The van der Waals surface area contributed by atoms with Crippen LogP contribution in [0.5, 0.6) is 5.75 Å². The van der Waals surface area contributed by atoms with Gasteiger partial charge in [0, 0.05) is 0 Å². The van der Waals surface area contributed by atoms with Crippen molar-refractivity contribution in [2.75, 3.05) is 13.1 Å². The van der Waals surface area contributed by atoms with Crippen LogP contribution in [-0.4, -0.2) is 56.0 Å². The van der Waals surface area contributed by atoms with E-state index < -0.39 is 17.7 Å². The summed E-state index contributed by atoms with van der Waals surface area (Å²) in [6.07, 6.45) is 3.43. The van der Waals surface area contributed by atoms with Crippen molar-refractivity contribution < 1.29 is 14.6 Å². The highest BCUT2D eigenvalue weighted by atomic mass is 16.5. The van der Waals surface area contributed by atoms with Crippen LogP contribution in [0, 0.1) is 0 Å². The fraction of sp³-hybridized carbons (Fsp3) is 0.438. The molecule has 1 amide bonds. The molecule has 1 saturated heterocycles. The van der Waals surface area contributed by atoms with E-state index in [0.717, 1.165) is 12.8 Å². The highest BCUT2D eigenvalue weighted by Crippen LogP contribution is 2.45. The van der Waals surface area contributed by atoms with Gasteiger partial charge < -0.3 is 14.7 Å². The Balaban J connectivity index is 1.46. The number of carbonyl (C=O) groups is 1. The van der Waals surface area contributed by atoms with E-state index in [1.807, 2.05) is 30.3 Å². The second-order valence-electron chi connectivity index (χ2n) is 6.12. The number of rotatable bonds is 4. The van der Waals surface area contributed by atoms with Crippen LogP contribution in [0.2, 0.25) is 0 Å². The third kappa shape index (κ3) is 2.46. The Morgan fingerprint density at radius 2 is 2.04 bits per heavy atom.